The second-order valence-corrected chi connectivity index (χ2v) is 5.71. The van der Waals surface area contributed by atoms with E-state index in [0.717, 1.165) is 22.9 Å². The van der Waals surface area contributed by atoms with Gasteiger partial charge in [0.2, 0.25) is 0 Å². The molecule has 0 unspecified atom stereocenters. The number of hydrogen-bond acceptors (Lipinski definition) is 4. The third-order valence-corrected chi connectivity index (χ3v) is 4.08. The van der Waals surface area contributed by atoms with Crippen LogP contribution in [-0.4, -0.2) is 11.5 Å². The molecule has 20 heavy (non-hydrogen) atoms. The van der Waals surface area contributed by atoms with Gasteiger partial charge in [0.25, 0.3) is 0 Å². The Balaban J connectivity index is 1.84. The van der Waals surface area contributed by atoms with E-state index in [1.807, 2.05) is 44.2 Å². The van der Waals surface area contributed by atoms with Crippen LogP contribution in [0.1, 0.15) is 23.0 Å². The van der Waals surface area contributed by atoms with Gasteiger partial charge in [0.05, 0.1) is 4.91 Å². The van der Waals surface area contributed by atoms with Crippen LogP contribution in [-0.2, 0) is 4.79 Å². The van der Waals surface area contributed by atoms with E-state index in [9.17, 15) is 4.79 Å². The van der Waals surface area contributed by atoms with Crippen molar-refractivity contribution in [3.63, 3.8) is 0 Å². The first-order valence-corrected chi connectivity index (χ1v) is 7.33. The Morgan fingerprint density at radius 2 is 1.60 bits per heavy atom. The number of carbonyl (C=O) groups is 1. The number of rotatable bonds is 2. The van der Waals surface area contributed by atoms with Gasteiger partial charge in [-0.15, -0.1) is 11.8 Å². The highest BCUT2D eigenvalue weighted by molar-refractivity contribution is 8.05. The summed E-state index contributed by atoms with van der Waals surface area (Å²) in [5.74, 6) is 3.85. The maximum Gasteiger partial charge on any atom is 0.196 e. The van der Waals surface area contributed by atoms with Gasteiger partial charge in [-0.2, -0.15) is 0 Å². The molecular formula is C16H14O3S. The third-order valence-electron chi connectivity index (χ3n) is 3.01. The Labute approximate surface area is 121 Å². The third kappa shape index (κ3) is 2.65. The molecule has 0 aromatic carbocycles. The molecule has 0 radical (unpaired) electrons. The molecule has 0 N–H and O–H groups in total. The summed E-state index contributed by atoms with van der Waals surface area (Å²) >= 11 is 1.53. The smallest absolute Gasteiger partial charge is 0.196 e. The summed E-state index contributed by atoms with van der Waals surface area (Å²) in [7, 11) is 0. The highest BCUT2D eigenvalue weighted by atomic mass is 32.2. The zero-order valence-electron chi connectivity index (χ0n) is 11.3. The highest BCUT2D eigenvalue weighted by Crippen LogP contribution is 2.34. The molecule has 102 valence electrons. The number of thioether (sulfide) groups is 1. The fraction of sp³-hybridized carbons (Fsp3) is 0.188. The summed E-state index contributed by atoms with van der Waals surface area (Å²) in [6.45, 7) is 3.77. The summed E-state index contributed by atoms with van der Waals surface area (Å²) in [6, 6.07) is 7.52. The molecule has 4 heteroatoms. The Kier molecular flexibility index (Phi) is 3.40. The molecule has 0 saturated carbocycles. The lowest BCUT2D eigenvalue weighted by Gasteiger charge is -1.93. The van der Waals surface area contributed by atoms with Crippen molar-refractivity contribution in [3.05, 3.63) is 57.8 Å². The average Bonchev–Trinajstić information content (AvgIpc) is 3.08. The molecular weight excluding hydrogens is 272 g/mol. The summed E-state index contributed by atoms with van der Waals surface area (Å²) in [4.78, 5) is 13.0. The first-order valence-electron chi connectivity index (χ1n) is 6.34. The first-order chi connectivity index (χ1) is 9.61. The van der Waals surface area contributed by atoms with Gasteiger partial charge in [-0.1, -0.05) is 0 Å². The van der Waals surface area contributed by atoms with Crippen molar-refractivity contribution >= 4 is 29.7 Å². The molecule has 1 saturated heterocycles. The molecule has 3 rings (SSSR count). The van der Waals surface area contributed by atoms with Crippen molar-refractivity contribution in [3.8, 4) is 0 Å². The van der Waals surface area contributed by atoms with Crippen LogP contribution in [0.3, 0.4) is 0 Å². The second-order valence-electron chi connectivity index (χ2n) is 4.69. The van der Waals surface area contributed by atoms with E-state index in [2.05, 4.69) is 0 Å². The van der Waals surface area contributed by atoms with E-state index in [-0.39, 0.29) is 5.78 Å². The van der Waals surface area contributed by atoms with Crippen LogP contribution < -0.4 is 0 Å². The Morgan fingerprint density at radius 3 is 2.15 bits per heavy atom. The van der Waals surface area contributed by atoms with Crippen LogP contribution in [0.15, 0.2) is 43.6 Å². The Morgan fingerprint density at radius 1 is 1.00 bits per heavy atom. The van der Waals surface area contributed by atoms with Crippen molar-refractivity contribution < 1.29 is 13.6 Å². The average molecular weight is 286 g/mol. The van der Waals surface area contributed by atoms with Crippen LogP contribution in [0.4, 0.5) is 0 Å². The minimum atomic E-state index is 0.0538. The normalized spacial score (nSPS) is 19.4. The molecule has 2 aromatic rings. The van der Waals surface area contributed by atoms with Crippen molar-refractivity contribution in [2.45, 2.75) is 13.8 Å². The van der Waals surface area contributed by atoms with Gasteiger partial charge in [0.15, 0.2) is 5.78 Å². The summed E-state index contributed by atoms with van der Waals surface area (Å²) < 4.78 is 10.9. The van der Waals surface area contributed by atoms with Gasteiger partial charge in [-0.3, -0.25) is 4.79 Å². The van der Waals surface area contributed by atoms with Crippen LogP contribution in [0.5, 0.6) is 0 Å². The molecule has 3 nitrogen and oxygen atoms in total. The molecule has 1 fully saturated rings. The topological polar surface area (TPSA) is 43.4 Å². The zero-order valence-corrected chi connectivity index (χ0v) is 12.1. The SMILES string of the molecule is Cc1ccc(C=C2CSC(=Cc3ccc(C)o3)C2=O)o1. The van der Waals surface area contributed by atoms with Gasteiger partial charge in [-0.25, -0.2) is 0 Å². The summed E-state index contributed by atoms with van der Waals surface area (Å²) in [5.41, 5.74) is 0.763. The summed E-state index contributed by atoms with van der Waals surface area (Å²) in [5, 5.41) is 0. The predicted molar refractivity (Wildman–Crippen MR) is 80.3 cm³/mol. The lowest BCUT2D eigenvalue weighted by atomic mass is 10.1. The maximum atomic E-state index is 12.3. The van der Waals surface area contributed by atoms with Gasteiger partial charge in [0, 0.05) is 11.3 Å². The van der Waals surface area contributed by atoms with Gasteiger partial charge < -0.3 is 8.83 Å². The highest BCUT2D eigenvalue weighted by Gasteiger charge is 2.24. The number of allylic oxidation sites excluding steroid dienone is 1. The van der Waals surface area contributed by atoms with Crippen LogP contribution in [0.25, 0.3) is 12.2 Å². The van der Waals surface area contributed by atoms with Crippen molar-refractivity contribution in [1.82, 2.24) is 0 Å². The minimum absolute atomic E-state index is 0.0538. The lowest BCUT2D eigenvalue weighted by Crippen LogP contribution is -1.95. The fourth-order valence-electron chi connectivity index (χ4n) is 2.02. The molecule has 1 aliphatic heterocycles. The zero-order chi connectivity index (χ0) is 14.1. The summed E-state index contributed by atoms with van der Waals surface area (Å²) in [6.07, 6.45) is 3.62. The molecule has 0 amide bonds. The fourth-order valence-corrected chi connectivity index (χ4v) is 3.01. The molecule has 0 spiro atoms. The number of hydrogen-bond donors (Lipinski definition) is 0. The van der Waals surface area contributed by atoms with E-state index < -0.39 is 0 Å². The van der Waals surface area contributed by atoms with E-state index in [0.29, 0.717) is 16.4 Å². The van der Waals surface area contributed by atoms with Gasteiger partial charge >= 0.3 is 0 Å². The molecule has 3 heterocycles. The van der Waals surface area contributed by atoms with Crippen molar-refractivity contribution in [1.29, 1.82) is 0 Å². The quantitative estimate of drug-likeness (QED) is 0.775. The standard InChI is InChI=1S/C16H14O3S/c1-10-3-5-13(18-10)7-12-9-20-15(16(12)17)8-14-6-4-11(2)19-14/h3-8H,9H2,1-2H3. The second kappa shape index (κ2) is 5.21. The van der Waals surface area contributed by atoms with E-state index in [4.69, 9.17) is 8.83 Å². The van der Waals surface area contributed by atoms with E-state index in [1.54, 1.807) is 6.08 Å². The maximum absolute atomic E-state index is 12.3. The lowest BCUT2D eigenvalue weighted by molar-refractivity contribution is -0.111. The monoisotopic (exact) mass is 286 g/mol. The van der Waals surface area contributed by atoms with E-state index >= 15 is 0 Å². The van der Waals surface area contributed by atoms with Crippen LogP contribution in [0, 0.1) is 13.8 Å². The molecule has 0 atom stereocenters. The molecule has 2 aromatic heterocycles. The largest absolute Gasteiger partial charge is 0.462 e. The van der Waals surface area contributed by atoms with Crippen molar-refractivity contribution in [2.24, 2.45) is 0 Å². The molecule has 0 aliphatic carbocycles. The number of Topliss-reactive ketones (excluding diaryl/α,β-unsaturated/α-hetero) is 1. The minimum Gasteiger partial charge on any atom is -0.462 e. The number of carbonyl (C=O) groups excluding carboxylic acids is 1. The van der Waals surface area contributed by atoms with Gasteiger partial charge in [-0.05, 0) is 50.3 Å². The van der Waals surface area contributed by atoms with E-state index in [1.165, 1.54) is 11.8 Å². The van der Waals surface area contributed by atoms with Crippen LogP contribution >= 0.6 is 11.8 Å². The predicted octanol–water partition coefficient (Wildman–Crippen LogP) is 4.23. The molecule has 0 bridgehead atoms. The number of ketones is 1. The van der Waals surface area contributed by atoms with Crippen molar-refractivity contribution in [2.75, 3.05) is 5.75 Å². The Hall–Kier alpha value is -1.94. The first kappa shape index (κ1) is 13.1. The number of aryl methyl sites for hydroxylation is 2. The van der Waals surface area contributed by atoms with Crippen LogP contribution in [0.2, 0.25) is 0 Å². The van der Waals surface area contributed by atoms with Gasteiger partial charge in [0.1, 0.15) is 23.0 Å². The number of furan rings is 2. The molecule has 1 aliphatic rings. The Bertz CT molecular complexity index is 655.